The first-order valence-electron chi connectivity index (χ1n) is 6.62. The van der Waals surface area contributed by atoms with E-state index in [1.54, 1.807) is 0 Å². The molecule has 0 bridgehead atoms. The highest BCUT2D eigenvalue weighted by Gasteiger charge is 2.75. The number of hydrogen-bond donors (Lipinski definition) is 0. The smallest absolute Gasteiger partial charge is 0.437 e. The predicted molar refractivity (Wildman–Crippen MR) is 71.2 cm³/mol. The van der Waals surface area contributed by atoms with Crippen LogP contribution in [0.2, 0.25) is 0 Å². The molecule has 0 aromatic heterocycles. The lowest BCUT2D eigenvalue weighted by atomic mass is 9.87. The van der Waals surface area contributed by atoms with E-state index in [0.29, 0.717) is 6.92 Å². The van der Waals surface area contributed by atoms with Gasteiger partial charge in [0.25, 0.3) is 0 Å². The van der Waals surface area contributed by atoms with Gasteiger partial charge in [-0.3, -0.25) is 4.79 Å². The molecular formula is C14H16F6O5. The minimum Gasteiger partial charge on any atom is -0.456 e. The summed E-state index contributed by atoms with van der Waals surface area (Å²) in [5, 5.41) is 0. The third-order valence-electron chi connectivity index (χ3n) is 2.86. The lowest BCUT2D eigenvalue weighted by Crippen LogP contribution is -2.63. The van der Waals surface area contributed by atoms with Crippen LogP contribution in [0.5, 0.6) is 0 Å². The molecule has 0 aliphatic carbocycles. The molecule has 11 heteroatoms. The number of carbonyl (C=O) groups is 3. The van der Waals surface area contributed by atoms with E-state index < -0.39 is 47.7 Å². The summed E-state index contributed by atoms with van der Waals surface area (Å²) in [6, 6.07) is 0. The zero-order chi connectivity index (χ0) is 20.4. The molecule has 25 heavy (non-hydrogen) atoms. The van der Waals surface area contributed by atoms with Gasteiger partial charge in [-0.05, 0) is 20.8 Å². The number of ketones is 1. The zero-order valence-electron chi connectivity index (χ0n) is 13.7. The van der Waals surface area contributed by atoms with E-state index in [2.05, 4.69) is 16.1 Å². The molecule has 0 fully saturated rings. The van der Waals surface area contributed by atoms with Crippen LogP contribution in [-0.2, 0) is 23.9 Å². The molecule has 0 N–H and O–H groups in total. The molecule has 0 atom stereocenters. The molecule has 0 radical (unpaired) electrons. The number of alkyl halides is 6. The van der Waals surface area contributed by atoms with Crippen molar-refractivity contribution in [2.75, 3.05) is 0 Å². The third kappa shape index (κ3) is 5.46. The van der Waals surface area contributed by atoms with Gasteiger partial charge < -0.3 is 9.47 Å². The lowest BCUT2D eigenvalue weighted by molar-refractivity contribution is -0.377. The van der Waals surface area contributed by atoms with Crippen molar-refractivity contribution >= 4 is 17.7 Å². The summed E-state index contributed by atoms with van der Waals surface area (Å²) in [6.45, 7) is 6.27. The lowest BCUT2D eigenvalue weighted by Gasteiger charge is -2.40. The van der Waals surface area contributed by atoms with Crippen LogP contribution in [0.3, 0.4) is 0 Å². The van der Waals surface area contributed by atoms with Crippen molar-refractivity contribution in [1.82, 2.24) is 0 Å². The van der Waals surface area contributed by atoms with Crippen LogP contribution in [0.1, 0.15) is 34.1 Å². The van der Waals surface area contributed by atoms with Crippen LogP contribution in [0.4, 0.5) is 26.3 Å². The summed E-state index contributed by atoms with van der Waals surface area (Å²) in [5.74, 6) is -5.22. The third-order valence-corrected chi connectivity index (χ3v) is 2.86. The molecule has 0 aromatic rings. The Morgan fingerprint density at radius 2 is 1.24 bits per heavy atom. The molecule has 144 valence electrons. The summed E-state index contributed by atoms with van der Waals surface area (Å²) in [6.07, 6.45) is -14.3. The molecule has 0 saturated carbocycles. The molecule has 0 aliphatic rings. The Morgan fingerprint density at radius 1 is 0.840 bits per heavy atom. The summed E-state index contributed by atoms with van der Waals surface area (Å²) in [7, 11) is 0. The molecule has 0 heterocycles. The SMILES string of the molecule is C=C(C)C(=O)OC(C)(C)CC(OC(=O)C(C)=O)(C(F)(F)F)C(F)(F)F. The maximum Gasteiger partial charge on any atom is 0.437 e. The first-order valence-corrected chi connectivity index (χ1v) is 6.62. The van der Waals surface area contributed by atoms with E-state index in [0.717, 1.165) is 20.8 Å². The average Bonchev–Trinajstić information content (AvgIpc) is 2.33. The first-order chi connectivity index (χ1) is 10.9. The van der Waals surface area contributed by atoms with Gasteiger partial charge >= 0.3 is 29.9 Å². The van der Waals surface area contributed by atoms with Gasteiger partial charge in [0.1, 0.15) is 5.60 Å². The van der Waals surface area contributed by atoms with Crippen molar-refractivity contribution in [1.29, 1.82) is 0 Å². The van der Waals surface area contributed by atoms with Crippen molar-refractivity contribution < 1.29 is 50.2 Å². The van der Waals surface area contributed by atoms with Gasteiger partial charge in [0.2, 0.25) is 5.78 Å². The zero-order valence-corrected chi connectivity index (χ0v) is 13.7. The summed E-state index contributed by atoms with van der Waals surface area (Å²) in [4.78, 5) is 33.4. The molecular weight excluding hydrogens is 362 g/mol. The largest absolute Gasteiger partial charge is 0.456 e. The molecule has 0 saturated heterocycles. The van der Waals surface area contributed by atoms with Gasteiger partial charge in [-0.25, -0.2) is 9.59 Å². The number of carbonyl (C=O) groups excluding carboxylic acids is 3. The van der Waals surface area contributed by atoms with Crippen molar-refractivity contribution in [3.8, 4) is 0 Å². The fraction of sp³-hybridized carbons (Fsp3) is 0.643. The molecule has 5 nitrogen and oxygen atoms in total. The Bertz CT molecular complexity index is 559. The highest BCUT2D eigenvalue weighted by molar-refractivity contribution is 6.32. The summed E-state index contributed by atoms with van der Waals surface area (Å²) in [5.41, 5.74) is -7.67. The van der Waals surface area contributed by atoms with Crippen LogP contribution >= 0.6 is 0 Å². The Balaban J connectivity index is 6.12. The van der Waals surface area contributed by atoms with Gasteiger partial charge in [0.05, 0.1) is 0 Å². The second-order valence-electron chi connectivity index (χ2n) is 5.87. The average molecular weight is 378 g/mol. The fourth-order valence-electron chi connectivity index (χ4n) is 1.72. The molecule has 0 unspecified atom stereocenters. The van der Waals surface area contributed by atoms with E-state index in [-0.39, 0.29) is 5.57 Å². The number of esters is 2. The van der Waals surface area contributed by atoms with Crippen LogP contribution in [0.15, 0.2) is 12.2 Å². The molecule has 0 aliphatic heterocycles. The quantitative estimate of drug-likeness (QED) is 0.307. The van der Waals surface area contributed by atoms with Gasteiger partial charge in [-0.2, -0.15) is 26.3 Å². The molecule has 0 spiro atoms. The number of Topliss-reactive ketones (excluding diaryl/α,β-unsaturated/α-hetero) is 1. The van der Waals surface area contributed by atoms with Crippen LogP contribution in [0, 0.1) is 0 Å². The van der Waals surface area contributed by atoms with E-state index in [9.17, 15) is 40.7 Å². The van der Waals surface area contributed by atoms with Crippen LogP contribution in [0.25, 0.3) is 0 Å². The number of halogens is 6. The van der Waals surface area contributed by atoms with Crippen molar-refractivity contribution in [3.63, 3.8) is 0 Å². The minimum atomic E-state index is -6.14. The number of ether oxygens (including phenoxy) is 2. The Morgan fingerprint density at radius 3 is 1.52 bits per heavy atom. The van der Waals surface area contributed by atoms with Crippen molar-refractivity contribution in [2.24, 2.45) is 0 Å². The van der Waals surface area contributed by atoms with Crippen molar-refractivity contribution in [3.05, 3.63) is 12.2 Å². The maximum atomic E-state index is 13.3. The monoisotopic (exact) mass is 378 g/mol. The maximum absolute atomic E-state index is 13.3. The Hall–Kier alpha value is -2.07. The minimum absolute atomic E-state index is 0.265. The Kier molecular flexibility index (Phi) is 6.46. The topological polar surface area (TPSA) is 69.7 Å². The first kappa shape index (κ1) is 22.9. The van der Waals surface area contributed by atoms with Gasteiger partial charge in [0.15, 0.2) is 0 Å². The van der Waals surface area contributed by atoms with E-state index in [1.165, 1.54) is 0 Å². The molecule has 0 rings (SSSR count). The Labute approximate surface area is 138 Å². The van der Waals surface area contributed by atoms with Gasteiger partial charge in [-0.15, -0.1) is 0 Å². The summed E-state index contributed by atoms with van der Waals surface area (Å²) < 4.78 is 87.7. The van der Waals surface area contributed by atoms with Gasteiger partial charge in [-0.1, -0.05) is 6.58 Å². The second-order valence-corrected chi connectivity index (χ2v) is 5.87. The number of hydrogen-bond acceptors (Lipinski definition) is 5. The number of rotatable bonds is 6. The second kappa shape index (κ2) is 7.04. The molecule has 0 amide bonds. The van der Waals surface area contributed by atoms with Crippen LogP contribution in [-0.4, -0.2) is 41.3 Å². The highest BCUT2D eigenvalue weighted by Crippen LogP contribution is 2.50. The highest BCUT2D eigenvalue weighted by atomic mass is 19.4. The normalized spacial score (nSPS) is 13.2. The van der Waals surface area contributed by atoms with E-state index in [1.807, 2.05) is 0 Å². The van der Waals surface area contributed by atoms with E-state index >= 15 is 0 Å². The van der Waals surface area contributed by atoms with Crippen LogP contribution < -0.4 is 0 Å². The standard InChI is InChI=1S/C14H16F6O5/c1-7(2)9(22)24-11(4,5)6-12(13(15,16)17,14(18,19)20)25-10(23)8(3)21/h1,6H2,2-5H3. The molecule has 0 aromatic carbocycles. The van der Waals surface area contributed by atoms with Gasteiger partial charge in [0, 0.05) is 18.9 Å². The van der Waals surface area contributed by atoms with E-state index in [4.69, 9.17) is 0 Å². The predicted octanol–water partition coefficient (Wildman–Crippen LogP) is 3.27. The fourth-order valence-corrected chi connectivity index (χ4v) is 1.72. The van der Waals surface area contributed by atoms with Crippen molar-refractivity contribution in [2.45, 2.75) is 57.7 Å². The summed E-state index contributed by atoms with van der Waals surface area (Å²) >= 11 is 0.